The number of hydrogen-bond donors (Lipinski definition) is 3. The van der Waals surface area contributed by atoms with Crippen LogP contribution in [-0.4, -0.2) is 73.8 Å². The summed E-state index contributed by atoms with van der Waals surface area (Å²) in [5.74, 6) is -1.54. The van der Waals surface area contributed by atoms with E-state index in [0.29, 0.717) is 23.2 Å². The Kier molecular flexibility index (Phi) is 5.69. The zero-order valence-corrected chi connectivity index (χ0v) is 19.7. The van der Waals surface area contributed by atoms with Crippen LogP contribution in [0.5, 0.6) is 0 Å². The van der Waals surface area contributed by atoms with Gasteiger partial charge in [0.1, 0.15) is 12.1 Å². The average Bonchev–Trinajstić information content (AvgIpc) is 3.41. The quantitative estimate of drug-likeness (QED) is 0.489. The van der Waals surface area contributed by atoms with Gasteiger partial charge in [-0.2, -0.15) is 0 Å². The Morgan fingerprint density at radius 1 is 1.25 bits per heavy atom. The summed E-state index contributed by atoms with van der Waals surface area (Å²) in [6.07, 6.45) is 1.48. The maximum Gasteiger partial charge on any atom is 0.407 e. The van der Waals surface area contributed by atoms with Gasteiger partial charge in [-0.3, -0.25) is 24.5 Å². The summed E-state index contributed by atoms with van der Waals surface area (Å²) in [6.45, 7) is 4.12. The number of benzene rings is 1. The molecule has 13 nitrogen and oxygen atoms in total. The van der Waals surface area contributed by atoms with E-state index in [-0.39, 0.29) is 43.4 Å². The van der Waals surface area contributed by atoms with E-state index in [1.54, 1.807) is 18.2 Å². The Morgan fingerprint density at radius 3 is 2.81 bits per heavy atom. The largest absolute Gasteiger partial charge is 0.444 e. The zero-order valence-electron chi connectivity index (χ0n) is 19.7. The summed E-state index contributed by atoms with van der Waals surface area (Å²) >= 11 is 0. The SMILES string of the molecule is CC1(C)CC(CNC(=O)c2cn(-c3ccc4c(c3)CN(C3CCC(=O)NC3=O)C4=O)nn2)OC(=O)N1. The number of nitrogens with one attached hydrogen (secondary N) is 3. The number of fused-ring (bicyclic) bond motifs is 1. The normalized spacial score (nSPS) is 23.0. The number of amides is 5. The summed E-state index contributed by atoms with van der Waals surface area (Å²) in [5.41, 5.74) is 1.42. The van der Waals surface area contributed by atoms with Crippen LogP contribution in [0.15, 0.2) is 24.4 Å². The standard InChI is InChI=1S/C23H25N7O6/c1-23(2)8-14(36-22(35)26-23)9-24-19(32)16-11-30(28-27-16)13-3-4-15-12(7-13)10-29(21(15)34)17-5-6-18(31)25-20(17)33/h3-4,7,11,14,17H,5-6,8-10H2,1-2H3,(H,24,32)(H,26,35)(H,25,31,33). The maximum absolute atomic E-state index is 12.9. The minimum absolute atomic E-state index is 0.0799. The lowest BCUT2D eigenvalue weighted by molar-refractivity contribution is -0.136. The van der Waals surface area contributed by atoms with Crippen molar-refractivity contribution in [3.05, 3.63) is 41.2 Å². The van der Waals surface area contributed by atoms with E-state index in [2.05, 4.69) is 26.3 Å². The van der Waals surface area contributed by atoms with Crippen LogP contribution < -0.4 is 16.0 Å². The molecule has 3 aliphatic heterocycles. The van der Waals surface area contributed by atoms with Gasteiger partial charge in [0.2, 0.25) is 11.8 Å². The van der Waals surface area contributed by atoms with Gasteiger partial charge in [-0.15, -0.1) is 5.10 Å². The molecule has 2 saturated heterocycles. The van der Waals surface area contributed by atoms with E-state index in [1.165, 1.54) is 15.8 Å². The van der Waals surface area contributed by atoms with E-state index in [0.717, 1.165) is 0 Å². The van der Waals surface area contributed by atoms with Crippen molar-refractivity contribution in [2.75, 3.05) is 6.54 Å². The third kappa shape index (κ3) is 4.51. The number of ether oxygens (including phenoxy) is 1. The summed E-state index contributed by atoms with van der Waals surface area (Å²) in [4.78, 5) is 62.3. The first-order valence-corrected chi connectivity index (χ1v) is 11.6. The van der Waals surface area contributed by atoms with Crippen LogP contribution in [0.25, 0.3) is 5.69 Å². The molecule has 4 heterocycles. The van der Waals surface area contributed by atoms with Gasteiger partial charge in [0.15, 0.2) is 5.69 Å². The topological polar surface area (TPSA) is 165 Å². The van der Waals surface area contributed by atoms with E-state index in [1.807, 2.05) is 13.8 Å². The fourth-order valence-corrected chi connectivity index (χ4v) is 4.73. The molecular formula is C23H25N7O6. The number of piperidine rings is 1. The van der Waals surface area contributed by atoms with Crippen LogP contribution in [-0.2, 0) is 20.9 Å². The molecular weight excluding hydrogens is 470 g/mol. The molecule has 2 aromatic rings. The first-order chi connectivity index (χ1) is 17.1. The van der Waals surface area contributed by atoms with Crippen LogP contribution in [0.4, 0.5) is 4.79 Å². The molecule has 0 bridgehead atoms. The zero-order chi connectivity index (χ0) is 25.6. The number of carbonyl (C=O) groups is 5. The Hall–Kier alpha value is -4.29. The van der Waals surface area contributed by atoms with Crippen molar-refractivity contribution in [1.29, 1.82) is 0 Å². The molecule has 2 fully saturated rings. The lowest BCUT2D eigenvalue weighted by Gasteiger charge is -2.35. The maximum atomic E-state index is 12.9. The Morgan fingerprint density at radius 2 is 2.06 bits per heavy atom. The van der Waals surface area contributed by atoms with Crippen molar-refractivity contribution >= 4 is 29.7 Å². The molecule has 3 aliphatic rings. The molecule has 0 saturated carbocycles. The minimum atomic E-state index is -0.697. The van der Waals surface area contributed by atoms with Gasteiger partial charge >= 0.3 is 6.09 Å². The van der Waals surface area contributed by atoms with Crippen LogP contribution in [0.2, 0.25) is 0 Å². The van der Waals surface area contributed by atoms with Gasteiger partial charge in [-0.1, -0.05) is 5.21 Å². The number of nitrogens with zero attached hydrogens (tertiary/aromatic N) is 4. The van der Waals surface area contributed by atoms with Crippen LogP contribution in [0.1, 0.15) is 59.5 Å². The number of imide groups is 1. The van der Waals surface area contributed by atoms with Crippen LogP contribution in [0.3, 0.4) is 0 Å². The number of aromatic nitrogens is 3. The fraction of sp³-hybridized carbons (Fsp3) is 0.435. The van der Waals surface area contributed by atoms with Crippen molar-refractivity contribution in [3.63, 3.8) is 0 Å². The smallest absolute Gasteiger partial charge is 0.407 e. The van der Waals surface area contributed by atoms with Gasteiger partial charge in [-0.25, -0.2) is 9.48 Å². The highest BCUT2D eigenvalue weighted by atomic mass is 16.6. The Balaban J connectivity index is 1.25. The van der Waals surface area contributed by atoms with E-state index in [4.69, 9.17) is 4.74 Å². The highest BCUT2D eigenvalue weighted by molar-refractivity contribution is 6.05. The van der Waals surface area contributed by atoms with Gasteiger partial charge in [0, 0.05) is 30.5 Å². The summed E-state index contributed by atoms with van der Waals surface area (Å²) < 4.78 is 6.64. The number of alkyl carbamates (subject to hydrolysis) is 1. The monoisotopic (exact) mass is 495 g/mol. The number of carbonyl (C=O) groups excluding carboxylic acids is 5. The van der Waals surface area contributed by atoms with Crippen LogP contribution >= 0.6 is 0 Å². The molecule has 0 radical (unpaired) electrons. The van der Waals surface area contributed by atoms with Crippen molar-refractivity contribution in [1.82, 2.24) is 35.8 Å². The molecule has 5 rings (SSSR count). The van der Waals surface area contributed by atoms with Crippen molar-refractivity contribution in [3.8, 4) is 5.69 Å². The molecule has 1 aromatic carbocycles. The fourth-order valence-electron chi connectivity index (χ4n) is 4.73. The first-order valence-electron chi connectivity index (χ1n) is 11.6. The van der Waals surface area contributed by atoms with Gasteiger partial charge in [0.25, 0.3) is 11.8 Å². The number of rotatable bonds is 5. The molecule has 188 valence electrons. The van der Waals surface area contributed by atoms with E-state index < -0.39 is 35.6 Å². The predicted octanol–water partition coefficient (Wildman–Crippen LogP) is 0.0352. The van der Waals surface area contributed by atoms with E-state index in [9.17, 15) is 24.0 Å². The van der Waals surface area contributed by atoms with Gasteiger partial charge in [0.05, 0.1) is 18.4 Å². The van der Waals surface area contributed by atoms with Crippen molar-refractivity contribution in [2.24, 2.45) is 0 Å². The minimum Gasteiger partial charge on any atom is -0.444 e. The summed E-state index contributed by atoms with van der Waals surface area (Å²) in [6, 6.07) is 4.38. The average molecular weight is 495 g/mol. The Labute approximate surface area is 205 Å². The summed E-state index contributed by atoms with van der Waals surface area (Å²) in [5, 5.41) is 15.7. The third-order valence-corrected chi connectivity index (χ3v) is 6.44. The molecule has 0 spiro atoms. The lowest BCUT2D eigenvalue weighted by Crippen LogP contribution is -2.54. The Bertz CT molecular complexity index is 1290. The molecule has 2 atom stereocenters. The molecule has 5 amide bonds. The lowest BCUT2D eigenvalue weighted by atomic mass is 9.95. The second-order valence-corrected chi connectivity index (χ2v) is 9.74. The van der Waals surface area contributed by atoms with E-state index >= 15 is 0 Å². The highest BCUT2D eigenvalue weighted by Crippen LogP contribution is 2.29. The third-order valence-electron chi connectivity index (χ3n) is 6.44. The number of cyclic esters (lactones) is 1. The van der Waals surface area contributed by atoms with Gasteiger partial charge < -0.3 is 20.3 Å². The van der Waals surface area contributed by atoms with Crippen molar-refractivity contribution < 1.29 is 28.7 Å². The van der Waals surface area contributed by atoms with Crippen molar-refractivity contribution in [2.45, 2.75) is 57.3 Å². The van der Waals surface area contributed by atoms with Gasteiger partial charge in [-0.05, 0) is 44.0 Å². The molecule has 3 N–H and O–H groups in total. The number of hydrogen-bond acceptors (Lipinski definition) is 8. The molecule has 2 unspecified atom stereocenters. The molecule has 13 heteroatoms. The second-order valence-electron chi connectivity index (χ2n) is 9.74. The second kappa shape index (κ2) is 8.73. The molecule has 36 heavy (non-hydrogen) atoms. The predicted molar refractivity (Wildman–Crippen MR) is 122 cm³/mol. The molecule has 0 aliphatic carbocycles. The van der Waals surface area contributed by atoms with Crippen LogP contribution in [0, 0.1) is 0 Å². The highest BCUT2D eigenvalue weighted by Gasteiger charge is 2.39. The first kappa shape index (κ1) is 23.5. The molecule has 1 aromatic heterocycles. The summed E-state index contributed by atoms with van der Waals surface area (Å²) in [7, 11) is 0.